The molecule has 1 N–H and O–H groups in total. The normalized spacial score (nSPS) is 24.8. The van der Waals surface area contributed by atoms with Crippen molar-refractivity contribution in [2.24, 2.45) is 5.41 Å². The molecule has 1 aliphatic carbocycles. The fraction of sp³-hybridized carbons (Fsp3) is 0.556. The summed E-state index contributed by atoms with van der Waals surface area (Å²) in [5.41, 5.74) is 3.14. The summed E-state index contributed by atoms with van der Waals surface area (Å²) in [4.78, 5) is 3.04. The van der Waals surface area contributed by atoms with Gasteiger partial charge in [0.1, 0.15) is 0 Å². The van der Waals surface area contributed by atoms with Gasteiger partial charge in [-0.1, -0.05) is 56.3 Å². The van der Waals surface area contributed by atoms with Crippen molar-refractivity contribution in [1.82, 2.24) is 14.5 Å². The highest BCUT2D eigenvalue weighted by molar-refractivity contribution is 7.89. The van der Waals surface area contributed by atoms with Crippen LogP contribution in [0, 0.1) is 5.41 Å². The lowest BCUT2D eigenvalue weighted by Gasteiger charge is -2.57. The second kappa shape index (κ2) is 9.14. The van der Waals surface area contributed by atoms with Gasteiger partial charge in [0, 0.05) is 31.7 Å². The highest BCUT2D eigenvalue weighted by atomic mass is 32.2. The molecule has 0 radical (unpaired) electrons. The van der Waals surface area contributed by atoms with Gasteiger partial charge in [-0.3, -0.25) is 4.90 Å². The van der Waals surface area contributed by atoms with Crippen LogP contribution in [0.1, 0.15) is 62.6 Å². The van der Waals surface area contributed by atoms with Crippen molar-refractivity contribution in [3.63, 3.8) is 0 Å². The summed E-state index contributed by atoms with van der Waals surface area (Å²) in [6, 6.07) is 18.2. The lowest BCUT2D eigenvalue weighted by molar-refractivity contribution is -0.0548. The van der Waals surface area contributed by atoms with E-state index in [4.69, 9.17) is 0 Å². The maximum absolute atomic E-state index is 13.5. The first-order chi connectivity index (χ1) is 15.9. The van der Waals surface area contributed by atoms with E-state index in [1.54, 1.807) is 16.4 Å². The van der Waals surface area contributed by atoms with E-state index in [9.17, 15) is 8.42 Å². The quantitative estimate of drug-likeness (QED) is 0.709. The molecule has 3 aliphatic rings. The Labute approximate surface area is 199 Å². The van der Waals surface area contributed by atoms with Crippen LogP contribution in [0.3, 0.4) is 0 Å². The van der Waals surface area contributed by atoms with Crippen LogP contribution in [-0.2, 0) is 10.0 Å². The van der Waals surface area contributed by atoms with E-state index < -0.39 is 10.0 Å². The molecule has 5 nitrogen and oxygen atoms in total. The molecule has 2 aromatic carbocycles. The third-order valence-corrected chi connectivity index (χ3v) is 10.1. The Morgan fingerprint density at radius 3 is 2.30 bits per heavy atom. The van der Waals surface area contributed by atoms with E-state index in [2.05, 4.69) is 48.3 Å². The van der Waals surface area contributed by atoms with E-state index in [0.29, 0.717) is 35.4 Å². The Hall–Kier alpha value is -1.73. The molecular weight excluding hydrogens is 430 g/mol. The molecule has 1 saturated carbocycles. The molecule has 3 fully saturated rings. The average Bonchev–Trinajstić information content (AvgIpc) is 2.83. The first kappa shape index (κ1) is 23.0. The molecule has 1 spiro atoms. The standard InChI is InChI=1S/C27H37N3O2S/c1-21(2)24-10-6-7-11-25(24)26-20-29(33(31,32)23-8-4-3-5-9-23)16-17-30(26)22-18-27(19-22)12-14-28-15-13-27/h3-11,21-22,26,28H,12-20H2,1-2H3. The molecule has 1 atom stereocenters. The molecule has 5 rings (SSSR count). The van der Waals surface area contributed by atoms with E-state index in [0.717, 1.165) is 19.6 Å². The van der Waals surface area contributed by atoms with Gasteiger partial charge >= 0.3 is 0 Å². The maximum Gasteiger partial charge on any atom is 0.243 e. The average molecular weight is 468 g/mol. The zero-order valence-corrected chi connectivity index (χ0v) is 20.7. The van der Waals surface area contributed by atoms with Crippen LogP contribution in [-0.4, -0.2) is 56.4 Å². The van der Waals surface area contributed by atoms with Crippen LogP contribution >= 0.6 is 0 Å². The van der Waals surface area contributed by atoms with Crippen LogP contribution in [0.5, 0.6) is 0 Å². The first-order valence-corrected chi connectivity index (χ1v) is 13.9. The molecule has 1 unspecified atom stereocenters. The zero-order chi connectivity index (χ0) is 23.1. The van der Waals surface area contributed by atoms with Gasteiger partial charge < -0.3 is 5.32 Å². The highest BCUT2D eigenvalue weighted by Gasteiger charge is 2.49. The number of piperidine rings is 1. The van der Waals surface area contributed by atoms with Crippen LogP contribution < -0.4 is 5.32 Å². The highest BCUT2D eigenvalue weighted by Crippen LogP contribution is 2.52. The minimum absolute atomic E-state index is 0.0971. The summed E-state index contributed by atoms with van der Waals surface area (Å²) in [6.45, 7) is 8.61. The molecule has 2 heterocycles. The van der Waals surface area contributed by atoms with Gasteiger partial charge in [0.15, 0.2) is 0 Å². The summed E-state index contributed by atoms with van der Waals surface area (Å²) in [5, 5.41) is 3.51. The largest absolute Gasteiger partial charge is 0.317 e. The smallest absolute Gasteiger partial charge is 0.243 e. The van der Waals surface area contributed by atoms with Crippen LogP contribution in [0.2, 0.25) is 0 Å². The number of piperazine rings is 1. The van der Waals surface area contributed by atoms with Crippen LogP contribution in [0.15, 0.2) is 59.5 Å². The number of benzene rings is 2. The Morgan fingerprint density at radius 1 is 0.939 bits per heavy atom. The van der Waals surface area contributed by atoms with E-state index in [-0.39, 0.29) is 6.04 Å². The van der Waals surface area contributed by atoms with Crippen molar-refractivity contribution in [3.05, 3.63) is 65.7 Å². The van der Waals surface area contributed by atoms with Crippen molar-refractivity contribution in [3.8, 4) is 0 Å². The Balaban J connectivity index is 1.44. The minimum atomic E-state index is -3.50. The molecule has 6 heteroatoms. The third kappa shape index (κ3) is 4.39. The Bertz CT molecular complexity index is 1060. The Kier molecular flexibility index (Phi) is 6.38. The lowest BCUT2D eigenvalue weighted by atomic mass is 9.60. The molecule has 178 valence electrons. The Morgan fingerprint density at radius 2 is 1.61 bits per heavy atom. The number of sulfonamides is 1. The van der Waals surface area contributed by atoms with Crippen LogP contribution in [0.4, 0.5) is 0 Å². The van der Waals surface area contributed by atoms with Crippen molar-refractivity contribution in [2.75, 3.05) is 32.7 Å². The molecular formula is C27H37N3O2S. The monoisotopic (exact) mass is 467 g/mol. The van der Waals surface area contributed by atoms with Gasteiger partial charge in [-0.15, -0.1) is 0 Å². The van der Waals surface area contributed by atoms with Gasteiger partial charge in [-0.05, 0) is 73.4 Å². The number of rotatable bonds is 5. The fourth-order valence-corrected chi connectivity index (χ4v) is 7.78. The predicted octanol–water partition coefficient (Wildman–Crippen LogP) is 4.39. The predicted molar refractivity (Wildman–Crippen MR) is 133 cm³/mol. The molecule has 0 bridgehead atoms. The summed E-state index contributed by atoms with van der Waals surface area (Å²) < 4.78 is 28.7. The zero-order valence-electron chi connectivity index (χ0n) is 19.9. The molecule has 2 aromatic rings. The molecule has 33 heavy (non-hydrogen) atoms. The number of nitrogens with one attached hydrogen (secondary N) is 1. The molecule has 0 aromatic heterocycles. The van der Waals surface area contributed by atoms with Gasteiger partial charge in [-0.2, -0.15) is 4.31 Å². The van der Waals surface area contributed by atoms with Crippen molar-refractivity contribution in [2.45, 2.75) is 62.4 Å². The summed E-state index contributed by atoms with van der Waals surface area (Å²) in [5.74, 6) is 0.404. The molecule has 2 aliphatic heterocycles. The molecule has 2 saturated heterocycles. The topological polar surface area (TPSA) is 52.7 Å². The van der Waals surface area contributed by atoms with E-state index >= 15 is 0 Å². The fourth-order valence-electron chi connectivity index (χ4n) is 6.33. The van der Waals surface area contributed by atoms with Crippen molar-refractivity contribution >= 4 is 10.0 Å². The van der Waals surface area contributed by atoms with Gasteiger partial charge in [-0.25, -0.2) is 8.42 Å². The third-order valence-electron chi connectivity index (χ3n) is 8.21. The number of hydrogen-bond acceptors (Lipinski definition) is 4. The molecule has 0 amide bonds. The second-order valence-corrected chi connectivity index (χ2v) is 12.5. The summed E-state index contributed by atoms with van der Waals surface area (Å²) in [7, 11) is -3.50. The SMILES string of the molecule is CC(C)c1ccccc1C1CN(S(=O)(=O)c2ccccc2)CCN1C1CC2(CCNCC2)C1. The first-order valence-electron chi connectivity index (χ1n) is 12.5. The van der Waals surface area contributed by atoms with Gasteiger partial charge in [0.25, 0.3) is 0 Å². The second-order valence-electron chi connectivity index (χ2n) is 10.5. The summed E-state index contributed by atoms with van der Waals surface area (Å²) in [6.07, 6.45) is 5.05. The lowest BCUT2D eigenvalue weighted by Crippen LogP contribution is -2.60. The van der Waals surface area contributed by atoms with Crippen molar-refractivity contribution < 1.29 is 8.42 Å². The van der Waals surface area contributed by atoms with Crippen molar-refractivity contribution in [1.29, 1.82) is 0 Å². The summed E-state index contributed by atoms with van der Waals surface area (Å²) >= 11 is 0. The van der Waals surface area contributed by atoms with Gasteiger partial charge in [0.05, 0.1) is 4.90 Å². The number of nitrogens with zero attached hydrogens (tertiary/aromatic N) is 2. The van der Waals surface area contributed by atoms with Crippen LogP contribution in [0.25, 0.3) is 0 Å². The van der Waals surface area contributed by atoms with E-state index in [1.165, 1.54) is 36.8 Å². The number of hydrogen-bond donors (Lipinski definition) is 1. The van der Waals surface area contributed by atoms with E-state index in [1.807, 2.05) is 18.2 Å². The minimum Gasteiger partial charge on any atom is -0.317 e. The maximum atomic E-state index is 13.5. The van der Waals surface area contributed by atoms with Gasteiger partial charge in [0.2, 0.25) is 10.0 Å².